The van der Waals surface area contributed by atoms with Gasteiger partial charge in [-0.1, -0.05) is 48.7 Å². The Labute approximate surface area is 255 Å². The number of hydrogen-bond donors (Lipinski definition) is 1. The summed E-state index contributed by atoms with van der Waals surface area (Å²) in [6.07, 6.45) is 3.75. The monoisotopic (exact) mass is 659 g/mol. The summed E-state index contributed by atoms with van der Waals surface area (Å²) in [4.78, 5) is 28.5. The van der Waals surface area contributed by atoms with Crippen molar-refractivity contribution in [3.8, 4) is 5.75 Å². The number of aryl methyl sites for hydroxylation is 1. The minimum absolute atomic E-state index is 0.0170. The van der Waals surface area contributed by atoms with Crippen LogP contribution in [0.3, 0.4) is 0 Å². The predicted molar refractivity (Wildman–Crippen MR) is 163 cm³/mol. The zero-order chi connectivity index (χ0) is 30.4. The first-order valence-corrected chi connectivity index (χ1v) is 16.0. The van der Waals surface area contributed by atoms with E-state index in [4.69, 9.17) is 4.74 Å². The third-order valence-electron chi connectivity index (χ3n) is 7.48. The van der Waals surface area contributed by atoms with E-state index in [1.807, 2.05) is 6.92 Å². The topological polar surface area (TPSA) is 96.0 Å². The van der Waals surface area contributed by atoms with Gasteiger partial charge in [0.2, 0.25) is 11.8 Å². The highest BCUT2D eigenvalue weighted by molar-refractivity contribution is 9.10. The summed E-state index contributed by atoms with van der Waals surface area (Å²) in [6.45, 7) is 2.63. The van der Waals surface area contributed by atoms with E-state index in [1.54, 1.807) is 49.4 Å². The second kappa shape index (κ2) is 13.7. The van der Waals surface area contributed by atoms with Gasteiger partial charge in [-0.2, -0.15) is 0 Å². The fraction of sp³-hybridized carbons (Fsp3) is 0.355. The summed E-state index contributed by atoms with van der Waals surface area (Å²) < 4.78 is 49.5. The van der Waals surface area contributed by atoms with Gasteiger partial charge >= 0.3 is 0 Å². The van der Waals surface area contributed by atoms with E-state index in [9.17, 15) is 22.4 Å². The van der Waals surface area contributed by atoms with Crippen LogP contribution < -0.4 is 14.4 Å². The molecule has 0 aliphatic heterocycles. The van der Waals surface area contributed by atoms with Crippen LogP contribution in [0.25, 0.3) is 0 Å². The largest absolute Gasteiger partial charge is 0.496 e. The molecule has 8 nitrogen and oxygen atoms in total. The number of anilines is 1. The highest BCUT2D eigenvalue weighted by Gasteiger charge is 2.34. The first-order chi connectivity index (χ1) is 20.0. The lowest BCUT2D eigenvalue weighted by Crippen LogP contribution is -2.52. The molecule has 1 N–H and O–H groups in total. The van der Waals surface area contributed by atoms with Crippen molar-refractivity contribution >= 4 is 43.5 Å². The molecule has 1 fully saturated rings. The predicted octanol–water partition coefficient (Wildman–Crippen LogP) is 5.58. The van der Waals surface area contributed by atoms with Crippen molar-refractivity contribution in [2.45, 2.75) is 63.1 Å². The SMILES string of the molecule is COc1ccc(S(=O)(=O)N(CC(=O)N(Cc2ccccc2F)[C@H](C)C(=O)NC2CCCC2)c2ccc(C)cc2)cc1Br. The van der Waals surface area contributed by atoms with Gasteiger partial charge in [-0.05, 0) is 79.0 Å². The normalized spacial score (nSPS) is 14.3. The second-order valence-electron chi connectivity index (χ2n) is 10.4. The van der Waals surface area contributed by atoms with Gasteiger partial charge in [0.05, 0.1) is 22.2 Å². The summed E-state index contributed by atoms with van der Waals surface area (Å²) in [7, 11) is -2.79. The average molecular weight is 661 g/mol. The van der Waals surface area contributed by atoms with Gasteiger partial charge in [-0.3, -0.25) is 13.9 Å². The van der Waals surface area contributed by atoms with Crippen molar-refractivity contribution in [1.82, 2.24) is 10.2 Å². The molecule has 0 spiro atoms. The number of sulfonamides is 1. The molecule has 0 aromatic heterocycles. The van der Waals surface area contributed by atoms with Crippen LogP contribution in [-0.2, 0) is 26.2 Å². The van der Waals surface area contributed by atoms with Crippen molar-refractivity contribution < 1.29 is 27.1 Å². The standard InChI is InChI=1S/C31H35BrFN3O5S/c1-21-12-14-25(15-13-21)36(42(39,40)26-16-17-29(41-3)27(32)18-26)20-30(37)35(19-23-8-4-7-11-28(23)33)22(2)31(38)34-24-9-5-6-10-24/h4,7-8,11-18,22,24H,5-6,9-10,19-20H2,1-3H3,(H,34,38)/t22-/m1/s1. The Morgan fingerprint density at radius 3 is 2.36 bits per heavy atom. The number of ether oxygens (including phenoxy) is 1. The lowest BCUT2D eigenvalue weighted by atomic mass is 10.1. The molecule has 3 aromatic rings. The van der Waals surface area contributed by atoms with Crippen LogP contribution in [0.4, 0.5) is 10.1 Å². The molecule has 42 heavy (non-hydrogen) atoms. The smallest absolute Gasteiger partial charge is 0.264 e. The number of rotatable bonds is 11. The maximum Gasteiger partial charge on any atom is 0.264 e. The number of carbonyl (C=O) groups is 2. The number of nitrogens with one attached hydrogen (secondary N) is 1. The first kappa shape index (κ1) is 31.5. The van der Waals surface area contributed by atoms with Crippen LogP contribution in [-0.4, -0.2) is 50.9 Å². The van der Waals surface area contributed by atoms with E-state index >= 15 is 0 Å². The third kappa shape index (κ3) is 7.30. The Morgan fingerprint density at radius 1 is 1.07 bits per heavy atom. The van der Waals surface area contributed by atoms with E-state index in [-0.39, 0.29) is 34.6 Å². The van der Waals surface area contributed by atoms with Gasteiger partial charge in [-0.25, -0.2) is 12.8 Å². The summed E-state index contributed by atoms with van der Waals surface area (Å²) in [5.41, 5.74) is 1.40. The van der Waals surface area contributed by atoms with E-state index in [1.165, 1.54) is 36.3 Å². The number of benzene rings is 3. The second-order valence-corrected chi connectivity index (χ2v) is 13.1. The maximum absolute atomic E-state index is 14.7. The summed E-state index contributed by atoms with van der Waals surface area (Å²) >= 11 is 3.34. The molecule has 1 aliphatic carbocycles. The van der Waals surface area contributed by atoms with Crippen LogP contribution in [0.1, 0.15) is 43.7 Å². The highest BCUT2D eigenvalue weighted by Crippen LogP contribution is 2.31. The zero-order valence-electron chi connectivity index (χ0n) is 23.8. The van der Waals surface area contributed by atoms with Crippen LogP contribution in [0.15, 0.2) is 76.1 Å². The molecule has 11 heteroatoms. The molecular formula is C31H35BrFN3O5S. The summed E-state index contributed by atoms with van der Waals surface area (Å²) in [5.74, 6) is -1.09. The molecular weight excluding hydrogens is 625 g/mol. The molecule has 1 aliphatic rings. The van der Waals surface area contributed by atoms with Gasteiger partial charge in [-0.15, -0.1) is 0 Å². The highest BCUT2D eigenvalue weighted by atomic mass is 79.9. The van der Waals surface area contributed by atoms with Crippen molar-refractivity contribution in [1.29, 1.82) is 0 Å². The van der Waals surface area contributed by atoms with Crippen molar-refractivity contribution in [2.75, 3.05) is 18.0 Å². The molecule has 0 saturated heterocycles. The van der Waals surface area contributed by atoms with Crippen LogP contribution in [0.5, 0.6) is 5.75 Å². The van der Waals surface area contributed by atoms with Crippen molar-refractivity contribution in [3.05, 3.63) is 88.1 Å². The Kier molecular flexibility index (Phi) is 10.3. The van der Waals surface area contributed by atoms with E-state index < -0.39 is 34.3 Å². The minimum Gasteiger partial charge on any atom is -0.496 e. The fourth-order valence-electron chi connectivity index (χ4n) is 4.96. The molecule has 1 atom stereocenters. The first-order valence-electron chi connectivity index (χ1n) is 13.8. The molecule has 0 bridgehead atoms. The number of nitrogens with zero attached hydrogens (tertiary/aromatic N) is 2. The van der Waals surface area contributed by atoms with E-state index in [0.29, 0.717) is 10.2 Å². The molecule has 0 heterocycles. The Balaban J connectivity index is 1.71. The van der Waals surface area contributed by atoms with Gasteiger partial charge in [0, 0.05) is 18.2 Å². The van der Waals surface area contributed by atoms with Gasteiger partial charge in [0.1, 0.15) is 24.2 Å². The Hall–Kier alpha value is -3.44. The van der Waals surface area contributed by atoms with Gasteiger partial charge < -0.3 is 15.0 Å². The number of amides is 2. The Bertz CT molecular complexity index is 1530. The summed E-state index contributed by atoms with van der Waals surface area (Å²) in [5, 5.41) is 3.00. The third-order valence-corrected chi connectivity index (χ3v) is 9.87. The van der Waals surface area contributed by atoms with Crippen LogP contribution >= 0.6 is 15.9 Å². The van der Waals surface area contributed by atoms with Crippen LogP contribution in [0, 0.1) is 12.7 Å². The van der Waals surface area contributed by atoms with Crippen molar-refractivity contribution in [3.63, 3.8) is 0 Å². The quantitative estimate of drug-likeness (QED) is 0.290. The van der Waals surface area contributed by atoms with Gasteiger partial charge in [0.15, 0.2) is 0 Å². The molecule has 2 amide bonds. The van der Waals surface area contributed by atoms with Gasteiger partial charge in [0.25, 0.3) is 10.0 Å². The number of methoxy groups -OCH3 is 1. The lowest BCUT2D eigenvalue weighted by Gasteiger charge is -2.32. The minimum atomic E-state index is -4.26. The molecule has 1 saturated carbocycles. The summed E-state index contributed by atoms with van der Waals surface area (Å²) in [6, 6.07) is 16.1. The number of halogens is 2. The zero-order valence-corrected chi connectivity index (χ0v) is 26.3. The number of carbonyl (C=O) groups excluding carboxylic acids is 2. The van der Waals surface area contributed by atoms with E-state index in [2.05, 4.69) is 21.2 Å². The molecule has 224 valence electrons. The maximum atomic E-state index is 14.7. The molecule has 3 aromatic carbocycles. The van der Waals surface area contributed by atoms with Crippen LogP contribution in [0.2, 0.25) is 0 Å². The molecule has 0 unspecified atom stereocenters. The average Bonchev–Trinajstić information content (AvgIpc) is 3.48. The number of hydrogen-bond acceptors (Lipinski definition) is 5. The molecule has 0 radical (unpaired) electrons. The van der Waals surface area contributed by atoms with Crippen molar-refractivity contribution in [2.24, 2.45) is 0 Å². The molecule has 4 rings (SSSR count). The fourth-order valence-corrected chi connectivity index (χ4v) is 7.09. The van der Waals surface area contributed by atoms with E-state index in [0.717, 1.165) is 35.6 Å². The lowest BCUT2D eigenvalue weighted by molar-refractivity contribution is -0.139. The Morgan fingerprint density at radius 2 is 1.74 bits per heavy atom.